The molecular formula is C15H25NOS. The molecule has 0 radical (unpaired) electrons. The number of hydrogen-bond acceptors (Lipinski definition) is 3. The van der Waals surface area contributed by atoms with E-state index in [9.17, 15) is 0 Å². The zero-order chi connectivity index (χ0) is 12.8. The lowest BCUT2D eigenvalue weighted by molar-refractivity contribution is 0.192. The van der Waals surface area contributed by atoms with E-state index in [1.165, 1.54) is 37.0 Å². The SMILES string of the molecule is COCCCCNC(C)c1cc2c(s1)CCCC2. The van der Waals surface area contributed by atoms with Gasteiger partial charge < -0.3 is 10.1 Å². The molecule has 1 aliphatic rings. The van der Waals surface area contributed by atoms with E-state index in [1.807, 2.05) is 11.3 Å². The summed E-state index contributed by atoms with van der Waals surface area (Å²) in [6.45, 7) is 4.25. The van der Waals surface area contributed by atoms with Crippen LogP contribution in [0.25, 0.3) is 0 Å². The topological polar surface area (TPSA) is 21.3 Å². The highest BCUT2D eigenvalue weighted by Gasteiger charge is 2.15. The van der Waals surface area contributed by atoms with Crippen LogP contribution >= 0.6 is 11.3 Å². The Morgan fingerprint density at radius 3 is 2.94 bits per heavy atom. The number of aryl methyl sites for hydroxylation is 2. The smallest absolute Gasteiger partial charge is 0.0462 e. The third-order valence-corrected chi connectivity index (χ3v) is 5.09. The lowest BCUT2D eigenvalue weighted by Crippen LogP contribution is -2.19. The first-order valence-corrected chi connectivity index (χ1v) is 7.96. The van der Waals surface area contributed by atoms with E-state index in [4.69, 9.17) is 4.74 Å². The van der Waals surface area contributed by atoms with Crippen LogP contribution in [0, 0.1) is 0 Å². The maximum Gasteiger partial charge on any atom is 0.0462 e. The Labute approximate surface area is 115 Å². The van der Waals surface area contributed by atoms with Crippen LogP contribution in [-0.4, -0.2) is 20.3 Å². The molecule has 0 spiro atoms. The van der Waals surface area contributed by atoms with Gasteiger partial charge in [-0.1, -0.05) is 0 Å². The predicted octanol–water partition coefficient (Wildman–Crippen LogP) is 3.70. The van der Waals surface area contributed by atoms with Gasteiger partial charge in [0.2, 0.25) is 0 Å². The number of thiophene rings is 1. The van der Waals surface area contributed by atoms with Crippen molar-refractivity contribution in [2.45, 2.75) is 51.5 Å². The van der Waals surface area contributed by atoms with Gasteiger partial charge in [-0.05, 0) is 63.6 Å². The van der Waals surface area contributed by atoms with Crippen molar-refractivity contribution in [1.82, 2.24) is 5.32 Å². The summed E-state index contributed by atoms with van der Waals surface area (Å²) in [6.07, 6.45) is 7.71. The summed E-state index contributed by atoms with van der Waals surface area (Å²) < 4.78 is 5.06. The number of hydrogen-bond donors (Lipinski definition) is 1. The van der Waals surface area contributed by atoms with Crippen molar-refractivity contribution in [2.75, 3.05) is 20.3 Å². The lowest BCUT2D eigenvalue weighted by Gasteiger charge is -2.11. The quantitative estimate of drug-likeness (QED) is 0.761. The van der Waals surface area contributed by atoms with E-state index in [2.05, 4.69) is 18.3 Å². The zero-order valence-electron chi connectivity index (χ0n) is 11.6. The molecule has 0 aromatic carbocycles. The first-order valence-electron chi connectivity index (χ1n) is 7.15. The number of rotatable bonds is 7. The summed E-state index contributed by atoms with van der Waals surface area (Å²) in [5.74, 6) is 0. The monoisotopic (exact) mass is 267 g/mol. The first-order chi connectivity index (χ1) is 8.81. The van der Waals surface area contributed by atoms with E-state index < -0.39 is 0 Å². The van der Waals surface area contributed by atoms with Gasteiger partial charge in [0.15, 0.2) is 0 Å². The molecule has 1 aliphatic carbocycles. The molecule has 18 heavy (non-hydrogen) atoms. The summed E-state index contributed by atoms with van der Waals surface area (Å²) in [4.78, 5) is 3.16. The van der Waals surface area contributed by atoms with Gasteiger partial charge in [-0.25, -0.2) is 0 Å². The van der Waals surface area contributed by atoms with Crippen molar-refractivity contribution in [3.8, 4) is 0 Å². The van der Waals surface area contributed by atoms with Crippen LogP contribution in [0.15, 0.2) is 6.07 Å². The van der Waals surface area contributed by atoms with Crippen LogP contribution in [0.4, 0.5) is 0 Å². The molecule has 1 N–H and O–H groups in total. The summed E-state index contributed by atoms with van der Waals surface area (Å²) in [5, 5.41) is 3.62. The van der Waals surface area contributed by atoms with Gasteiger partial charge in [0.05, 0.1) is 0 Å². The highest BCUT2D eigenvalue weighted by atomic mass is 32.1. The Balaban J connectivity index is 1.78. The van der Waals surface area contributed by atoms with E-state index in [0.717, 1.165) is 19.6 Å². The maximum absolute atomic E-state index is 5.06. The molecule has 0 saturated heterocycles. The van der Waals surface area contributed by atoms with E-state index >= 15 is 0 Å². The van der Waals surface area contributed by atoms with Crippen molar-refractivity contribution in [2.24, 2.45) is 0 Å². The largest absolute Gasteiger partial charge is 0.385 e. The van der Waals surface area contributed by atoms with Crippen LogP contribution in [0.5, 0.6) is 0 Å². The Kier molecular flexibility index (Phi) is 5.67. The standard InChI is InChI=1S/C15H25NOS/c1-12(16-9-5-6-10-17-2)15-11-13-7-3-4-8-14(13)18-15/h11-12,16H,3-10H2,1-2H3. The summed E-state index contributed by atoms with van der Waals surface area (Å²) in [7, 11) is 1.77. The molecule has 1 heterocycles. The normalized spacial score (nSPS) is 16.6. The van der Waals surface area contributed by atoms with Crippen LogP contribution in [0.3, 0.4) is 0 Å². The summed E-state index contributed by atoms with van der Waals surface area (Å²) >= 11 is 2.02. The molecule has 0 aliphatic heterocycles. The molecule has 1 aromatic heterocycles. The number of unbranched alkanes of at least 4 members (excludes halogenated alkanes) is 1. The minimum absolute atomic E-state index is 0.503. The van der Waals surface area contributed by atoms with Crippen molar-refractivity contribution in [3.05, 3.63) is 21.4 Å². The van der Waals surface area contributed by atoms with E-state index in [-0.39, 0.29) is 0 Å². The zero-order valence-corrected chi connectivity index (χ0v) is 12.4. The molecular weight excluding hydrogens is 242 g/mol. The second-order valence-corrected chi connectivity index (χ2v) is 6.35. The fourth-order valence-electron chi connectivity index (χ4n) is 2.52. The highest BCUT2D eigenvalue weighted by Crippen LogP contribution is 2.32. The molecule has 0 bridgehead atoms. The van der Waals surface area contributed by atoms with E-state index in [0.29, 0.717) is 6.04 Å². The van der Waals surface area contributed by atoms with Gasteiger partial charge in [0, 0.05) is 29.5 Å². The third kappa shape index (κ3) is 3.81. The van der Waals surface area contributed by atoms with Gasteiger partial charge in [0.25, 0.3) is 0 Å². The van der Waals surface area contributed by atoms with Gasteiger partial charge in [-0.15, -0.1) is 11.3 Å². The molecule has 1 atom stereocenters. The number of methoxy groups -OCH3 is 1. The molecule has 2 rings (SSSR count). The maximum atomic E-state index is 5.06. The summed E-state index contributed by atoms with van der Waals surface area (Å²) in [5.41, 5.74) is 1.62. The highest BCUT2D eigenvalue weighted by molar-refractivity contribution is 7.12. The molecule has 0 amide bonds. The number of ether oxygens (including phenoxy) is 1. The summed E-state index contributed by atoms with van der Waals surface area (Å²) in [6, 6.07) is 2.94. The van der Waals surface area contributed by atoms with Gasteiger partial charge in [-0.2, -0.15) is 0 Å². The molecule has 0 saturated carbocycles. The van der Waals surface area contributed by atoms with Gasteiger partial charge in [0.1, 0.15) is 0 Å². The molecule has 1 aromatic rings. The molecule has 3 heteroatoms. The third-order valence-electron chi connectivity index (χ3n) is 3.67. The van der Waals surface area contributed by atoms with Crippen LogP contribution in [0.2, 0.25) is 0 Å². The molecule has 2 nitrogen and oxygen atoms in total. The second-order valence-electron chi connectivity index (χ2n) is 5.18. The van der Waals surface area contributed by atoms with Crippen molar-refractivity contribution in [1.29, 1.82) is 0 Å². The number of fused-ring (bicyclic) bond motifs is 1. The van der Waals surface area contributed by atoms with Crippen LogP contribution < -0.4 is 5.32 Å². The second kappa shape index (κ2) is 7.27. The fraction of sp³-hybridized carbons (Fsp3) is 0.733. The molecule has 1 unspecified atom stereocenters. The van der Waals surface area contributed by atoms with Gasteiger partial charge >= 0.3 is 0 Å². The Morgan fingerprint density at radius 2 is 2.17 bits per heavy atom. The van der Waals surface area contributed by atoms with Gasteiger partial charge in [-0.3, -0.25) is 0 Å². The average Bonchev–Trinajstić information content (AvgIpc) is 2.82. The minimum Gasteiger partial charge on any atom is -0.385 e. The van der Waals surface area contributed by atoms with E-state index in [1.54, 1.807) is 17.6 Å². The van der Waals surface area contributed by atoms with Crippen molar-refractivity contribution in [3.63, 3.8) is 0 Å². The predicted molar refractivity (Wildman–Crippen MR) is 78.5 cm³/mol. The number of nitrogens with one attached hydrogen (secondary N) is 1. The average molecular weight is 267 g/mol. The molecule has 102 valence electrons. The van der Waals surface area contributed by atoms with Crippen LogP contribution in [0.1, 0.15) is 54.0 Å². The Hall–Kier alpha value is -0.380. The Morgan fingerprint density at radius 1 is 1.33 bits per heavy atom. The first kappa shape index (κ1) is 14.0. The Bertz CT molecular complexity index is 338. The fourth-order valence-corrected chi connectivity index (χ4v) is 3.80. The molecule has 0 fully saturated rings. The van der Waals surface area contributed by atoms with Crippen LogP contribution in [-0.2, 0) is 17.6 Å². The lowest BCUT2D eigenvalue weighted by atomic mass is 9.99. The van der Waals surface area contributed by atoms with Crippen molar-refractivity contribution < 1.29 is 4.74 Å². The minimum atomic E-state index is 0.503. The van der Waals surface area contributed by atoms with Crippen molar-refractivity contribution >= 4 is 11.3 Å².